The van der Waals surface area contributed by atoms with Crippen molar-refractivity contribution < 1.29 is 9.84 Å². The van der Waals surface area contributed by atoms with Gasteiger partial charge in [-0.05, 0) is 32.1 Å². The summed E-state index contributed by atoms with van der Waals surface area (Å²) in [6.07, 6.45) is 5.95. The second kappa shape index (κ2) is 5.96. The number of allylic oxidation sites excluding steroid dienone is 1. The van der Waals surface area contributed by atoms with E-state index in [0.717, 1.165) is 29.4 Å². The van der Waals surface area contributed by atoms with E-state index in [2.05, 4.69) is 35.3 Å². The van der Waals surface area contributed by atoms with Gasteiger partial charge in [0, 0.05) is 12.1 Å². The first-order chi connectivity index (χ1) is 10.9. The quantitative estimate of drug-likeness (QED) is 0.904. The van der Waals surface area contributed by atoms with Gasteiger partial charge in [0.2, 0.25) is 0 Å². The fraction of sp³-hybridized carbons (Fsp3) is 0.556. The third-order valence-corrected chi connectivity index (χ3v) is 4.39. The van der Waals surface area contributed by atoms with Crippen LogP contribution in [0.25, 0.3) is 0 Å². The predicted octanol–water partition coefficient (Wildman–Crippen LogP) is 3.46. The van der Waals surface area contributed by atoms with Crippen LogP contribution in [0.2, 0.25) is 0 Å². The molecule has 0 unspecified atom stereocenters. The number of hydrogen-bond donors (Lipinski definition) is 1. The van der Waals surface area contributed by atoms with Crippen LogP contribution in [0.3, 0.4) is 0 Å². The van der Waals surface area contributed by atoms with Gasteiger partial charge in [0.05, 0.1) is 30.3 Å². The molecule has 1 N–H and O–H groups in total. The highest BCUT2D eigenvalue weighted by atomic mass is 16.5. The highest BCUT2D eigenvalue weighted by Crippen LogP contribution is 2.43. The Kier molecular flexibility index (Phi) is 4.15. The molecule has 1 aliphatic carbocycles. The van der Waals surface area contributed by atoms with E-state index < -0.39 is 5.60 Å². The zero-order chi connectivity index (χ0) is 16.6. The number of hydrogen-bond acceptors (Lipinski definition) is 5. The Morgan fingerprint density at radius 1 is 1.48 bits per heavy atom. The molecular formula is C18H25N3O2. The topological polar surface area (TPSA) is 58.0 Å². The van der Waals surface area contributed by atoms with Gasteiger partial charge in [0.15, 0.2) is 5.82 Å². The molecule has 2 aliphatic rings. The van der Waals surface area contributed by atoms with E-state index in [4.69, 9.17) is 4.74 Å². The summed E-state index contributed by atoms with van der Waals surface area (Å²) < 4.78 is 5.76. The molecule has 3 rings (SSSR count). The van der Waals surface area contributed by atoms with Gasteiger partial charge in [-0.25, -0.2) is 4.98 Å². The third-order valence-electron chi connectivity index (χ3n) is 4.39. The molecule has 0 bridgehead atoms. The van der Waals surface area contributed by atoms with Gasteiger partial charge < -0.3 is 14.7 Å². The van der Waals surface area contributed by atoms with Crippen LogP contribution in [0.4, 0.5) is 11.5 Å². The van der Waals surface area contributed by atoms with E-state index in [1.54, 1.807) is 12.4 Å². The van der Waals surface area contributed by atoms with Gasteiger partial charge in [-0.2, -0.15) is 0 Å². The van der Waals surface area contributed by atoms with Crippen LogP contribution >= 0.6 is 0 Å². The monoisotopic (exact) mass is 315 g/mol. The fourth-order valence-corrected chi connectivity index (χ4v) is 3.09. The molecule has 0 radical (unpaired) electrons. The Morgan fingerprint density at radius 2 is 2.22 bits per heavy atom. The Labute approximate surface area is 137 Å². The lowest BCUT2D eigenvalue weighted by atomic mass is 9.76. The van der Waals surface area contributed by atoms with Crippen molar-refractivity contribution in [3.05, 3.63) is 24.5 Å². The van der Waals surface area contributed by atoms with E-state index in [0.29, 0.717) is 25.4 Å². The average molecular weight is 315 g/mol. The molecule has 1 aromatic heterocycles. The largest absolute Gasteiger partial charge is 0.492 e. The summed E-state index contributed by atoms with van der Waals surface area (Å²) in [6, 6.07) is 2.15. The zero-order valence-electron chi connectivity index (χ0n) is 14.1. The zero-order valence-corrected chi connectivity index (χ0v) is 14.1. The number of anilines is 1. The van der Waals surface area contributed by atoms with Gasteiger partial charge in [0.1, 0.15) is 11.4 Å². The lowest BCUT2D eigenvalue weighted by molar-refractivity contribution is -0.0292. The predicted molar refractivity (Wildman–Crippen MR) is 92.6 cm³/mol. The summed E-state index contributed by atoms with van der Waals surface area (Å²) in [5.74, 6) is 2.16. The molecule has 5 heteroatoms. The SMILES string of the molecule is C=C1C=Nc2cc(OCCC(C)C)cnc2N1[C@H]1C[C@@](C)(O)C1. The van der Waals surface area contributed by atoms with Gasteiger partial charge in [-0.3, -0.25) is 4.99 Å². The summed E-state index contributed by atoms with van der Waals surface area (Å²) in [7, 11) is 0. The molecule has 0 spiro atoms. The van der Waals surface area contributed by atoms with E-state index in [1.807, 2.05) is 13.0 Å². The highest BCUT2D eigenvalue weighted by Gasteiger charge is 2.43. The molecule has 1 aromatic rings. The van der Waals surface area contributed by atoms with Gasteiger partial charge in [0.25, 0.3) is 0 Å². The second-order valence-electron chi connectivity index (χ2n) is 7.22. The number of nitrogens with zero attached hydrogens (tertiary/aromatic N) is 3. The molecule has 23 heavy (non-hydrogen) atoms. The molecule has 124 valence electrons. The van der Waals surface area contributed by atoms with Crippen LogP contribution in [0.1, 0.15) is 40.0 Å². The Balaban J connectivity index is 1.75. The molecule has 0 amide bonds. The molecular weight excluding hydrogens is 290 g/mol. The standard InChI is InChI=1S/C18H25N3O2/c1-12(2)5-6-23-15-7-16-17(20-11-15)21(13(3)10-19-16)14-8-18(4,22)9-14/h7,10-12,14,22H,3,5-6,8-9H2,1-2,4H3/t14-,18+. The average Bonchev–Trinajstić information content (AvgIpc) is 2.44. The maximum absolute atomic E-state index is 10.0. The Morgan fingerprint density at radius 3 is 2.87 bits per heavy atom. The van der Waals surface area contributed by atoms with Crippen molar-refractivity contribution in [2.24, 2.45) is 10.9 Å². The number of aromatic nitrogens is 1. The number of pyridine rings is 1. The van der Waals surface area contributed by atoms with Crippen LogP contribution in [0, 0.1) is 5.92 Å². The Bertz CT molecular complexity index is 629. The first-order valence-corrected chi connectivity index (χ1v) is 8.23. The Hall–Kier alpha value is -1.88. The smallest absolute Gasteiger partial charge is 0.159 e. The lowest BCUT2D eigenvalue weighted by Gasteiger charge is -2.48. The highest BCUT2D eigenvalue weighted by molar-refractivity contribution is 5.92. The van der Waals surface area contributed by atoms with E-state index in [1.165, 1.54) is 0 Å². The molecule has 0 saturated heterocycles. The minimum Gasteiger partial charge on any atom is -0.492 e. The van der Waals surface area contributed by atoms with Crippen molar-refractivity contribution in [2.45, 2.75) is 51.7 Å². The van der Waals surface area contributed by atoms with Crippen LogP contribution in [0.5, 0.6) is 5.75 Å². The summed E-state index contributed by atoms with van der Waals surface area (Å²) >= 11 is 0. The van der Waals surface area contributed by atoms with Crippen molar-refractivity contribution in [3.63, 3.8) is 0 Å². The number of fused-ring (bicyclic) bond motifs is 1. The van der Waals surface area contributed by atoms with Crippen LogP contribution < -0.4 is 9.64 Å². The number of aliphatic imine (C=N–C) groups is 1. The van der Waals surface area contributed by atoms with Gasteiger partial charge in [-0.15, -0.1) is 0 Å². The summed E-state index contributed by atoms with van der Waals surface area (Å²) in [6.45, 7) is 11.0. The minimum atomic E-state index is -0.584. The molecule has 5 nitrogen and oxygen atoms in total. The van der Waals surface area contributed by atoms with E-state index in [-0.39, 0.29) is 6.04 Å². The van der Waals surface area contributed by atoms with Crippen molar-refractivity contribution in [1.82, 2.24) is 4.98 Å². The molecule has 0 aromatic carbocycles. The molecule has 1 saturated carbocycles. The molecule has 1 aliphatic heterocycles. The lowest BCUT2D eigenvalue weighted by Crippen LogP contribution is -2.54. The fourth-order valence-electron chi connectivity index (χ4n) is 3.09. The third kappa shape index (κ3) is 3.39. The van der Waals surface area contributed by atoms with E-state index >= 15 is 0 Å². The van der Waals surface area contributed by atoms with Crippen molar-refractivity contribution in [3.8, 4) is 5.75 Å². The minimum absolute atomic E-state index is 0.225. The second-order valence-corrected chi connectivity index (χ2v) is 7.22. The van der Waals surface area contributed by atoms with Crippen molar-refractivity contribution >= 4 is 17.7 Å². The maximum atomic E-state index is 10.0. The first kappa shape index (κ1) is 16.0. The van der Waals surface area contributed by atoms with Crippen LogP contribution in [-0.4, -0.2) is 34.6 Å². The van der Waals surface area contributed by atoms with Crippen LogP contribution in [0.15, 0.2) is 29.5 Å². The summed E-state index contributed by atoms with van der Waals surface area (Å²) in [5.41, 5.74) is 1.03. The summed E-state index contributed by atoms with van der Waals surface area (Å²) in [5, 5.41) is 10.0. The van der Waals surface area contributed by atoms with E-state index in [9.17, 15) is 5.11 Å². The molecule has 2 heterocycles. The number of rotatable bonds is 5. The maximum Gasteiger partial charge on any atom is 0.159 e. The van der Waals surface area contributed by atoms with Gasteiger partial charge in [-0.1, -0.05) is 20.4 Å². The van der Waals surface area contributed by atoms with Crippen LogP contribution in [-0.2, 0) is 0 Å². The first-order valence-electron chi connectivity index (χ1n) is 8.23. The van der Waals surface area contributed by atoms with Crippen molar-refractivity contribution in [1.29, 1.82) is 0 Å². The van der Waals surface area contributed by atoms with Gasteiger partial charge >= 0.3 is 0 Å². The normalized spacial score (nSPS) is 26.2. The summed E-state index contributed by atoms with van der Waals surface area (Å²) in [4.78, 5) is 11.1. The molecule has 0 atom stereocenters. The number of aliphatic hydroxyl groups is 1. The number of ether oxygens (including phenoxy) is 1. The molecule has 1 fully saturated rings. The van der Waals surface area contributed by atoms with Crippen molar-refractivity contribution in [2.75, 3.05) is 11.5 Å².